The maximum Gasteiger partial charge on any atom is 0.243 e. The molecule has 0 spiro atoms. The molecule has 0 saturated carbocycles. The molecule has 2 amide bonds. The number of benzene rings is 2. The Labute approximate surface area is 169 Å². The third-order valence-electron chi connectivity index (χ3n) is 5.19. The van der Waals surface area contributed by atoms with E-state index in [2.05, 4.69) is 5.32 Å². The molecular weight excluding hydrogens is 348 g/mol. The van der Waals surface area contributed by atoms with Crippen molar-refractivity contribution >= 4 is 11.8 Å². The fourth-order valence-corrected chi connectivity index (χ4v) is 3.20. The van der Waals surface area contributed by atoms with Gasteiger partial charge in [0.25, 0.3) is 0 Å². The summed E-state index contributed by atoms with van der Waals surface area (Å²) in [6.07, 6.45) is 1.73. The van der Waals surface area contributed by atoms with Crippen LogP contribution in [0.4, 0.5) is 0 Å². The molecule has 2 aromatic carbocycles. The lowest BCUT2D eigenvalue weighted by Crippen LogP contribution is -2.51. The summed E-state index contributed by atoms with van der Waals surface area (Å²) in [5.74, 6) is -0.104. The van der Waals surface area contributed by atoms with E-state index in [1.54, 1.807) is 4.90 Å². The molecule has 0 heterocycles. The monoisotopic (exact) mass is 380 g/mol. The zero-order valence-corrected chi connectivity index (χ0v) is 17.4. The van der Waals surface area contributed by atoms with Gasteiger partial charge in [0.2, 0.25) is 11.8 Å². The zero-order valence-electron chi connectivity index (χ0n) is 17.4. The molecule has 150 valence electrons. The van der Waals surface area contributed by atoms with E-state index in [0.717, 1.165) is 23.1 Å². The smallest absolute Gasteiger partial charge is 0.243 e. The molecule has 0 bridgehead atoms. The minimum absolute atomic E-state index is 0.0272. The molecule has 0 radical (unpaired) electrons. The molecule has 0 aliphatic heterocycles. The van der Waals surface area contributed by atoms with Crippen LogP contribution in [0.1, 0.15) is 50.3 Å². The fraction of sp³-hybridized carbons (Fsp3) is 0.417. The number of hydrogen-bond acceptors (Lipinski definition) is 2. The van der Waals surface area contributed by atoms with Crippen molar-refractivity contribution in [3.05, 3.63) is 71.3 Å². The van der Waals surface area contributed by atoms with Crippen molar-refractivity contribution in [3.8, 4) is 0 Å². The van der Waals surface area contributed by atoms with Crippen molar-refractivity contribution in [2.45, 2.75) is 65.6 Å². The lowest BCUT2D eigenvalue weighted by atomic mass is 10.0. The van der Waals surface area contributed by atoms with Crippen molar-refractivity contribution in [1.29, 1.82) is 0 Å². The van der Waals surface area contributed by atoms with Crippen molar-refractivity contribution in [2.24, 2.45) is 0 Å². The summed E-state index contributed by atoms with van der Waals surface area (Å²) in [5.41, 5.74) is 3.15. The molecule has 1 N–H and O–H groups in total. The first-order valence-corrected chi connectivity index (χ1v) is 10.1. The van der Waals surface area contributed by atoms with Crippen LogP contribution >= 0.6 is 0 Å². The third kappa shape index (κ3) is 5.95. The van der Waals surface area contributed by atoms with Crippen LogP contribution in [0.5, 0.6) is 0 Å². The number of hydrogen-bond donors (Lipinski definition) is 1. The van der Waals surface area contributed by atoms with E-state index in [0.29, 0.717) is 19.4 Å². The van der Waals surface area contributed by atoms with Crippen LogP contribution < -0.4 is 5.32 Å². The molecular formula is C24H32N2O2. The number of rotatable bonds is 9. The van der Waals surface area contributed by atoms with E-state index in [-0.39, 0.29) is 17.9 Å². The Morgan fingerprint density at radius 3 is 2.21 bits per heavy atom. The second kappa shape index (κ2) is 10.6. The summed E-state index contributed by atoms with van der Waals surface area (Å²) in [5, 5.41) is 3.05. The lowest BCUT2D eigenvalue weighted by molar-refractivity contribution is -0.141. The first-order chi connectivity index (χ1) is 13.5. The van der Waals surface area contributed by atoms with Crippen LogP contribution in [0.15, 0.2) is 54.6 Å². The van der Waals surface area contributed by atoms with Gasteiger partial charge < -0.3 is 10.2 Å². The Hall–Kier alpha value is -2.62. The van der Waals surface area contributed by atoms with E-state index < -0.39 is 6.04 Å². The first-order valence-electron chi connectivity index (χ1n) is 10.1. The Balaban J connectivity index is 2.29. The van der Waals surface area contributed by atoms with Gasteiger partial charge in [-0.3, -0.25) is 9.59 Å². The molecule has 2 rings (SSSR count). The Morgan fingerprint density at radius 1 is 0.964 bits per heavy atom. The molecule has 0 aliphatic rings. The number of carbonyl (C=O) groups is 2. The molecule has 4 heteroatoms. The number of nitrogens with one attached hydrogen (secondary N) is 1. The Morgan fingerprint density at radius 2 is 1.61 bits per heavy atom. The van der Waals surface area contributed by atoms with Gasteiger partial charge in [-0.05, 0) is 43.4 Å². The van der Waals surface area contributed by atoms with Crippen LogP contribution in [-0.2, 0) is 22.6 Å². The molecule has 2 aromatic rings. The maximum absolute atomic E-state index is 13.2. The van der Waals surface area contributed by atoms with Gasteiger partial charge in [-0.2, -0.15) is 0 Å². The van der Waals surface area contributed by atoms with Crippen molar-refractivity contribution < 1.29 is 9.59 Å². The SMILES string of the molecule is CCC(C)NC(=O)C(CC)N(Cc1ccccc1C)C(=O)Cc1ccccc1. The average Bonchev–Trinajstić information content (AvgIpc) is 2.69. The van der Waals surface area contributed by atoms with Crippen LogP contribution in [0.2, 0.25) is 0 Å². The van der Waals surface area contributed by atoms with Gasteiger partial charge >= 0.3 is 0 Å². The van der Waals surface area contributed by atoms with Gasteiger partial charge in [0.1, 0.15) is 6.04 Å². The number of nitrogens with zero attached hydrogens (tertiary/aromatic N) is 1. The average molecular weight is 381 g/mol. The van der Waals surface area contributed by atoms with E-state index in [1.807, 2.05) is 82.3 Å². The molecule has 0 saturated heterocycles. The van der Waals surface area contributed by atoms with E-state index in [4.69, 9.17) is 0 Å². The third-order valence-corrected chi connectivity index (χ3v) is 5.19. The molecule has 0 fully saturated rings. The van der Waals surface area contributed by atoms with E-state index in [1.165, 1.54) is 0 Å². The van der Waals surface area contributed by atoms with E-state index in [9.17, 15) is 9.59 Å². The van der Waals surface area contributed by atoms with E-state index >= 15 is 0 Å². The highest BCUT2D eigenvalue weighted by Gasteiger charge is 2.29. The highest BCUT2D eigenvalue weighted by molar-refractivity contribution is 5.88. The molecule has 4 nitrogen and oxygen atoms in total. The molecule has 2 atom stereocenters. The summed E-state index contributed by atoms with van der Waals surface area (Å²) >= 11 is 0. The standard InChI is InChI=1S/C24H32N2O2/c1-5-19(4)25-24(28)22(6-2)26(17-21-15-11-10-12-18(21)3)23(27)16-20-13-8-7-9-14-20/h7-15,19,22H,5-6,16-17H2,1-4H3,(H,25,28). The highest BCUT2D eigenvalue weighted by Crippen LogP contribution is 2.17. The van der Waals surface area contributed by atoms with Crippen molar-refractivity contribution in [2.75, 3.05) is 0 Å². The van der Waals surface area contributed by atoms with Crippen LogP contribution in [0.25, 0.3) is 0 Å². The summed E-state index contributed by atoms with van der Waals surface area (Å²) < 4.78 is 0. The highest BCUT2D eigenvalue weighted by atomic mass is 16.2. The number of carbonyl (C=O) groups excluding carboxylic acids is 2. The van der Waals surface area contributed by atoms with Crippen LogP contribution in [0.3, 0.4) is 0 Å². The quantitative estimate of drug-likeness (QED) is 0.707. The minimum Gasteiger partial charge on any atom is -0.352 e. The van der Waals surface area contributed by atoms with Gasteiger partial charge in [0, 0.05) is 12.6 Å². The van der Waals surface area contributed by atoms with Crippen LogP contribution in [0, 0.1) is 6.92 Å². The first kappa shape index (κ1) is 21.7. The second-order valence-corrected chi connectivity index (χ2v) is 7.35. The Bertz CT molecular complexity index is 773. The minimum atomic E-state index is -0.482. The lowest BCUT2D eigenvalue weighted by Gasteiger charge is -2.32. The summed E-state index contributed by atoms with van der Waals surface area (Å²) in [6, 6.07) is 17.3. The fourth-order valence-electron chi connectivity index (χ4n) is 3.20. The number of aryl methyl sites for hydroxylation is 1. The second-order valence-electron chi connectivity index (χ2n) is 7.35. The normalized spacial score (nSPS) is 12.9. The molecule has 2 unspecified atom stereocenters. The largest absolute Gasteiger partial charge is 0.352 e. The predicted octanol–water partition coefficient (Wildman–Crippen LogP) is 4.26. The summed E-state index contributed by atoms with van der Waals surface area (Å²) in [6.45, 7) is 8.46. The summed E-state index contributed by atoms with van der Waals surface area (Å²) in [7, 11) is 0. The van der Waals surface area contributed by atoms with Gasteiger partial charge in [-0.15, -0.1) is 0 Å². The van der Waals surface area contributed by atoms with Crippen LogP contribution in [-0.4, -0.2) is 28.8 Å². The zero-order chi connectivity index (χ0) is 20.5. The topological polar surface area (TPSA) is 49.4 Å². The summed E-state index contributed by atoms with van der Waals surface area (Å²) in [4.78, 5) is 27.9. The Kier molecular flexibility index (Phi) is 8.24. The van der Waals surface area contributed by atoms with Crippen molar-refractivity contribution in [1.82, 2.24) is 10.2 Å². The van der Waals surface area contributed by atoms with Crippen molar-refractivity contribution in [3.63, 3.8) is 0 Å². The molecule has 28 heavy (non-hydrogen) atoms. The van der Waals surface area contributed by atoms with Gasteiger partial charge in [-0.25, -0.2) is 0 Å². The number of amides is 2. The van der Waals surface area contributed by atoms with Gasteiger partial charge in [-0.1, -0.05) is 68.4 Å². The molecule has 0 aliphatic carbocycles. The molecule has 0 aromatic heterocycles. The van der Waals surface area contributed by atoms with Gasteiger partial charge in [0.15, 0.2) is 0 Å². The maximum atomic E-state index is 13.2. The van der Waals surface area contributed by atoms with Gasteiger partial charge in [0.05, 0.1) is 6.42 Å². The predicted molar refractivity (Wildman–Crippen MR) is 114 cm³/mol.